The van der Waals surface area contributed by atoms with Crippen LogP contribution < -0.4 is 0 Å². The minimum atomic E-state index is 1.06. The zero-order valence-corrected chi connectivity index (χ0v) is 13.3. The van der Waals surface area contributed by atoms with Gasteiger partial charge < -0.3 is 19.3 Å². The van der Waals surface area contributed by atoms with Gasteiger partial charge in [-0.2, -0.15) is 0 Å². The van der Waals surface area contributed by atoms with E-state index in [0.717, 1.165) is 13.0 Å². The lowest BCUT2D eigenvalue weighted by Crippen LogP contribution is -2.47. The monoisotopic (exact) mass is 279 g/mol. The number of piperazine rings is 1. The molecule has 1 fully saturated rings. The van der Waals surface area contributed by atoms with Crippen molar-refractivity contribution in [1.82, 2.24) is 24.3 Å². The Morgan fingerprint density at radius 3 is 2.30 bits per heavy atom. The summed E-state index contributed by atoms with van der Waals surface area (Å²) in [5.41, 5.74) is 0. The van der Waals surface area contributed by atoms with Crippen molar-refractivity contribution in [2.24, 2.45) is 7.05 Å². The number of aryl methyl sites for hydroxylation is 1. The Morgan fingerprint density at radius 1 is 1.10 bits per heavy atom. The fraction of sp³-hybridized carbons (Fsp3) is 0.800. The molecule has 0 radical (unpaired) electrons. The summed E-state index contributed by atoms with van der Waals surface area (Å²) in [6.07, 6.45) is 6.25. The van der Waals surface area contributed by atoms with Crippen LogP contribution >= 0.6 is 0 Å². The van der Waals surface area contributed by atoms with Gasteiger partial charge in [0.15, 0.2) is 0 Å². The second-order valence-corrected chi connectivity index (χ2v) is 6.04. The normalized spacial score (nSPS) is 18.0. The average molecular weight is 279 g/mol. The Balaban J connectivity index is 1.61. The topological polar surface area (TPSA) is 27.5 Å². The molecule has 0 aromatic carbocycles. The maximum atomic E-state index is 4.39. The molecule has 1 aliphatic heterocycles. The predicted molar refractivity (Wildman–Crippen MR) is 83.0 cm³/mol. The van der Waals surface area contributed by atoms with Crippen molar-refractivity contribution in [3.8, 4) is 0 Å². The van der Waals surface area contributed by atoms with E-state index in [1.165, 1.54) is 51.5 Å². The first-order valence-corrected chi connectivity index (χ1v) is 7.71. The van der Waals surface area contributed by atoms with Gasteiger partial charge in [0, 0.05) is 58.6 Å². The first-order chi connectivity index (χ1) is 9.65. The van der Waals surface area contributed by atoms with Gasteiger partial charge in [0.1, 0.15) is 5.82 Å². The molecule has 1 aromatic heterocycles. The van der Waals surface area contributed by atoms with Crippen LogP contribution in [0.3, 0.4) is 0 Å². The van der Waals surface area contributed by atoms with Crippen LogP contribution in [0.4, 0.5) is 0 Å². The summed E-state index contributed by atoms with van der Waals surface area (Å²) in [7, 11) is 6.37. The van der Waals surface area contributed by atoms with Crippen LogP contribution in [0.2, 0.25) is 0 Å². The van der Waals surface area contributed by atoms with Crippen molar-refractivity contribution in [3.05, 3.63) is 18.2 Å². The molecular weight excluding hydrogens is 250 g/mol. The summed E-state index contributed by atoms with van der Waals surface area (Å²) in [6, 6.07) is 0. The molecule has 0 amide bonds. The standard InChI is InChI=1S/C15H29N5/c1-17(2)7-4-8-19-11-13-20(14-12-19)9-5-15-16-6-10-18(15)3/h6,10H,4-5,7-9,11-14H2,1-3H3. The highest BCUT2D eigenvalue weighted by Crippen LogP contribution is 2.05. The fourth-order valence-corrected chi connectivity index (χ4v) is 2.74. The highest BCUT2D eigenvalue weighted by molar-refractivity contribution is 4.92. The summed E-state index contributed by atoms with van der Waals surface area (Å²) < 4.78 is 2.12. The summed E-state index contributed by atoms with van der Waals surface area (Å²) in [5, 5.41) is 0. The third kappa shape index (κ3) is 4.89. The van der Waals surface area contributed by atoms with Gasteiger partial charge in [-0.15, -0.1) is 0 Å². The average Bonchev–Trinajstić information content (AvgIpc) is 2.83. The van der Waals surface area contributed by atoms with E-state index in [1.54, 1.807) is 0 Å². The van der Waals surface area contributed by atoms with Gasteiger partial charge in [-0.1, -0.05) is 0 Å². The first kappa shape index (κ1) is 15.5. The summed E-state index contributed by atoms with van der Waals surface area (Å²) in [5.74, 6) is 1.19. The van der Waals surface area contributed by atoms with E-state index in [1.807, 2.05) is 12.4 Å². The Kier molecular flexibility index (Phi) is 6.01. The lowest BCUT2D eigenvalue weighted by atomic mass is 10.2. The van der Waals surface area contributed by atoms with Crippen molar-refractivity contribution in [1.29, 1.82) is 0 Å². The predicted octanol–water partition coefficient (Wildman–Crippen LogP) is 0.532. The highest BCUT2D eigenvalue weighted by Gasteiger charge is 2.16. The fourth-order valence-electron chi connectivity index (χ4n) is 2.74. The number of hydrogen-bond donors (Lipinski definition) is 0. The smallest absolute Gasteiger partial charge is 0.109 e. The molecule has 0 bridgehead atoms. The van der Waals surface area contributed by atoms with E-state index in [0.29, 0.717) is 0 Å². The minimum Gasteiger partial charge on any atom is -0.338 e. The minimum absolute atomic E-state index is 1.06. The zero-order valence-electron chi connectivity index (χ0n) is 13.3. The zero-order chi connectivity index (χ0) is 14.4. The van der Waals surface area contributed by atoms with Crippen LogP contribution in [-0.2, 0) is 13.5 Å². The Hall–Kier alpha value is -0.910. The Morgan fingerprint density at radius 2 is 1.75 bits per heavy atom. The first-order valence-electron chi connectivity index (χ1n) is 7.71. The van der Waals surface area contributed by atoms with Crippen LogP contribution in [0.25, 0.3) is 0 Å². The molecular formula is C15H29N5. The van der Waals surface area contributed by atoms with E-state index in [4.69, 9.17) is 0 Å². The van der Waals surface area contributed by atoms with Crippen LogP contribution in [0.1, 0.15) is 12.2 Å². The second kappa shape index (κ2) is 7.76. The van der Waals surface area contributed by atoms with E-state index < -0.39 is 0 Å². The number of aromatic nitrogens is 2. The quantitative estimate of drug-likeness (QED) is 0.728. The molecule has 2 rings (SSSR count). The van der Waals surface area contributed by atoms with Gasteiger partial charge in [0.2, 0.25) is 0 Å². The van der Waals surface area contributed by atoms with Crippen LogP contribution in [0, 0.1) is 0 Å². The second-order valence-electron chi connectivity index (χ2n) is 6.04. The van der Waals surface area contributed by atoms with Crippen molar-refractivity contribution >= 4 is 0 Å². The molecule has 0 spiro atoms. The molecule has 0 atom stereocenters. The van der Waals surface area contributed by atoms with Gasteiger partial charge in [-0.25, -0.2) is 4.98 Å². The number of hydrogen-bond acceptors (Lipinski definition) is 4. The number of rotatable bonds is 7. The highest BCUT2D eigenvalue weighted by atomic mass is 15.3. The molecule has 5 nitrogen and oxygen atoms in total. The van der Waals surface area contributed by atoms with Gasteiger partial charge >= 0.3 is 0 Å². The molecule has 2 heterocycles. The molecule has 0 N–H and O–H groups in total. The molecule has 5 heteroatoms. The maximum absolute atomic E-state index is 4.39. The summed E-state index contributed by atoms with van der Waals surface area (Å²) >= 11 is 0. The van der Waals surface area contributed by atoms with Gasteiger partial charge in [0.05, 0.1) is 0 Å². The Bertz CT molecular complexity index is 379. The maximum Gasteiger partial charge on any atom is 0.109 e. The van der Waals surface area contributed by atoms with E-state index in [-0.39, 0.29) is 0 Å². The molecule has 114 valence electrons. The van der Waals surface area contributed by atoms with Crippen LogP contribution in [0.5, 0.6) is 0 Å². The van der Waals surface area contributed by atoms with E-state index in [2.05, 4.69) is 45.4 Å². The van der Waals surface area contributed by atoms with Crippen molar-refractivity contribution in [2.75, 3.05) is 59.9 Å². The van der Waals surface area contributed by atoms with Crippen molar-refractivity contribution in [2.45, 2.75) is 12.8 Å². The third-order valence-electron chi connectivity index (χ3n) is 4.12. The summed E-state index contributed by atoms with van der Waals surface area (Å²) in [4.78, 5) is 11.8. The molecule has 0 saturated carbocycles. The van der Waals surface area contributed by atoms with Crippen molar-refractivity contribution in [3.63, 3.8) is 0 Å². The molecule has 1 aliphatic rings. The number of nitrogens with zero attached hydrogens (tertiary/aromatic N) is 5. The summed E-state index contributed by atoms with van der Waals surface area (Å²) in [6.45, 7) is 8.40. The third-order valence-corrected chi connectivity index (χ3v) is 4.12. The largest absolute Gasteiger partial charge is 0.338 e. The van der Waals surface area contributed by atoms with Gasteiger partial charge in [-0.05, 0) is 33.6 Å². The molecule has 20 heavy (non-hydrogen) atoms. The van der Waals surface area contributed by atoms with E-state index >= 15 is 0 Å². The number of imidazole rings is 1. The van der Waals surface area contributed by atoms with Gasteiger partial charge in [-0.3, -0.25) is 0 Å². The lowest BCUT2D eigenvalue weighted by Gasteiger charge is -2.34. The van der Waals surface area contributed by atoms with Gasteiger partial charge in [0.25, 0.3) is 0 Å². The Labute approximate surface area is 123 Å². The van der Waals surface area contributed by atoms with E-state index in [9.17, 15) is 0 Å². The molecule has 1 saturated heterocycles. The van der Waals surface area contributed by atoms with Crippen molar-refractivity contribution < 1.29 is 0 Å². The molecule has 0 aliphatic carbocycles. The van der Waals surface area contributed by atoms with Crippen LogP contribution in [-0.4, -0.2) is 84.2 Å². The SMILES string of the molecule is CN(C)CCCN1CCN(CCc2nccn2C)CC1. The molecule has 0 unspecified atom stereocenters. The lowest BCUT2D eigenvalue weighted by molar-refractivity contribution is 0.129. The van der Waals surface area contributed by atoms with Crippen LogP contribution in [0.15, 0.2) is 12.4 Å². The molecule has 1 aromatic rings.